The Kier molecular flexibility index (Phi) is 6.74. The van der Waals surface area contributed by atoms with E-state index in [9.17, 15) is 13.2 Å². The Bertz CT molecular complexity index is 1100. The summed E-state index contributed by atoms with van der Waals surface area (Å²) in [6.45, 7) is 2.56. The van der Waals surface area contributed by atoms with Crippen molar-refractivity contribution in [2.24, 2.45) is 0 Å². The van der Waals surface area contributed by atoms with Gasteiger partial charge in [0.05, 0.1) is 22.9 Å². The first-order chi connectivity index (χ1) is 14.4. The lowest BCUT2D eigenvalue weighted by Gasteiger charge is -2.19. The van der Waals surface area contributed by atoms with Crippen molar-refractivity contribution in [3.63, 3.8) is 0 Å². The van der Waals surface area contributed by atoms with Crippen LogP contribution in [0.5, 0.6) is 5.75 Å². The van der Waals surface area contributed by atoms with E-state index < -0.39 is 10.0 Å². The van der Waals surface area contributed by atoms with E-state index >= 15 is 0 Å². The van der Waals surface area contributed by atoms with Crippen molar-refractivity contribution in [2.45, 2.75) is 18.2 Å². The quantitative estimate of drug-likeness (QED) is 0.575. The number of benzene rings is 3. The smallest absolute Gasteiger partial charge is 0.264 e. The Labute approximate surface area is 177 Å². The minimum absolute atomic E-state index is 0.108. The summed E-state index contributed by atoms with van der Waals surface area (Å²) in [5, 5.41) is 2.82. The fourth-order valence-corrected chi connectivity index (χ4v) is 4.01. The SMILES string of the molecule is CCCOc1ccccc1NC(=O)c1ccc(S(=O)(=O)N(C)c2ccccc2)cc1. The highest BCUT2D eigenvalue weighted by molar-refractivity contribution is 7.92. The predicted octanol–water partition coefficient (Wildman–Crippen LogP) is 4.55. The third-order valence-electron chi connectivity index (χ3n) is 4.49. The molecule has 0 atom stereocenters. The van der Waals surface area contributed by atoms with E-state index in [1.165, 1.54) is 35.6 Å². The molecule has 0 aromatic heterocycles. The lowest BCUT2D eigenvalue weighted by Crippen LogP contribution is -2.26. The number of amides is 1. The van der Waals surface area contributed by atoms with Gasteiger partial charge >= 0.3 is 0 Å². The average Bonchev–Trinajstić information content (AvgIpc) is 2.78. The van der Waals surface area contributed by atoms with Crippen LogP contribution in [0.25, 0.3) is 0 Å². The molecular formula is C23H24N2O4S. The molecular weight excluding hydrogens is 400 g/mol. The zero-order valence-electron chi connectivity index (χ0n) is 16.9. The van der Waals surface area contributed by atoms with Crippen LogP contribution in [0.15, 0.2) is 83.8 Å². The zero-order valence-corrected chi connectivity index (χ0v) is 17.7. The van der Waals surface area contributed by atoms with E-state index in [-0.39, 0.29) is 10.8 Å². The maximum absolute atomic E-state index is 12.9. The molecule has 0 radical (unpaired) electrons. The van der Waals surface area contributed by atoms with E-state index in [2.05, 4.69) is 5.32 Å². The lowest BCUT2D eigenvalue weighted by molar-refractivity contribution is 0.102. The van der Waals surface area contributed by atoms with Gasteiger partial charge in [-0.3, -0.25) is 9.10 Å². The molecule has 30 heavy (non-hydrogen) atoms. The molecule has 156 valence electrons. The van der Waals surface area contributed by atoms with Crippen LogP contribution in [0.2, 0.25) is 0 Å². The fourth-order valence-electron chi connectivity index (χ4n) is 2.82. The molecule has 0 aliphatic heterocycles. The van der Waals surface area contributed by atoms with Crippen molar-refractivity contribution in [1.29, 1.82) is 0 Å². The number of carbonyl (C=O) groups is 1. The van der Waals surface area contributed by atoms with E-state index in [0.717, 1.165) is 6.42 Å². The minimum Gasteiger partial charge on any atom is -0.491 e. The summed E-state index contributed by atoms with van der Waals surface area (Å²) in [6.07, 6.45) is 0.857. The van der Waals surface area contributed by atoms with E-state index in [0.29, 0.717) is 29.3 Å². The van der Waals surface area contributed by atoms with Gasteiger partial charge in [-0.05, 0) is 55.0 Å². The number of hydrogen-bond donors (Lipinski definition) is 1. The van der Waals surface area contributed by atoms with Gasteiger partial charge in [-0.15, -0.1) is 0 Å². The standard InChI is InChI=1S/C23H24N2O4S/c1-3-17-29-22-12-8-7-11-21(22)24-23(26)18-13-15-20(16-14-18)30(27,28)25(2)19-9-5-4-6-10-19/h4-16H,3,17H2,1-2H3,(H,24,26). The Morgan fingerprint density at radius 1 is 0.933 bits per heavy atom. The Hall–Kier alpha value is -3.32. The van der Waals surface area contributed by atoms with Crippen LogP contribution < -0.4 is 14.4 Å². The Morgan fingerprint density at radius 2 is 1.57 bits per heavy atom. The number of rotatable bonds is 8. The van der Waals surface area contributed by atoms with Crippen LogP contribution in [-0.2, 0) is 10.0 Å². The molecule has 0 unspecified atom stereocenters. The second-order valence-corrected chi connectivity index (χ2v) is 8.60. The fraction of sp³-hybridized carbons (Fsp3) is 0.174. The molecule has 0 saturated heterocycles. The van der Waals surface area contributed by atoms with Crippen LogP contribution >= 0.6 is 0 Å². The molecule has 0 saturated carbocycles. The van der Waals surface area contributed by atoms with Crippen molar-refractivity contribution in [3.8, 4) is 5.75 Å². The number of ether oxygens (including phenoxy) is 1. The molecule has 0 bridgehead atoms. The number of anilines is 2. The predicted molar refractivity (Wildman–Crippen MR) is 119 cm³/mol. The van der Waals surface area contributed by atoms with E-state index in [4.69, 9.17) is 4.74 Å². The normalized spacial score (nSPS) is 11.0. The monoisotopic (exact) mass is 424 g/mol. The summed E-state index contributed by atoms with van der Waals surface area (Å²) in [6, 6.07) is 21.9. The summed E-state index contributed by atoms with van der Waals surface area (Å²) >= 11 is 0. The van der Waals surface area contributed by atoms with Crippen LogP contribution in [0.1, 0.15) is 23.7 Å². The van der Waals surface area contributed by atoms with Crippen molar-refractivity contribution >= 4 is 27.3 Å². The zero-order chi connectivity index (χ0) is 21.6. The van der Waals surface area contributed by atoms with Crippen molar-refractivity contribution < 1.29 is 17.9 Å². The van der Waals surface area contributed by atoms with Crippen LogP contribution in [0.4, 0.5) is 11.4 Å². The summed E-state index contributed by atoms with van der Waals surface area (Å²) in [4.78, 5) is 12.7. The third kappa shape index (κ3) is 4.80. The van der Waals surface area contributed by atoms with Gasteiger partial charge in [0.2, 0.25) is 0 Å². The van der Waals surface area contributed by atoms with Gasteiger partial charge in [-0.2, -0.15) is 0 Å². The number of hydrogen-bond acceptors (Lipinski definition) is 4. The first kappa shape index (κ1) is 21.4. The lowest BCUT2D eigenvalue weighted by atomic mass is 10.2. The highest BCUT2D eigenvalue weighted by Crippen LogP contribution is 2.25. The molecule has 3 aromatic carbocycles. The minimum atomic E-state index is -3.73. The third-order valence-corrected chi connectivity index (χ3v) is 6.29. The second-order valence-electron chi connectivity index (χ2n) is 6.63. The van der Waals surface area contributed by atoms with Crippen molar-refractivity contribution in [1.82, 2.24) is 0 Å². The molecule has 3 aromatic rings. The molecule has 0 fully saturated rings. The van der Waals surface area contributed by atoms with Gasteiger partial charge in [-0.1, -0.05) is 37.3 Å². The summed E-state index contributed by atoms with van der Waals surface area (Å²) in [7, 11) is -2.23. The van der Waals surface area contributed by atoms with Crippen LogP contribution in [0.3, 0.4) is 0 Å². The number of carbonyl (C=O) groups excluding carboxylic acids is 1. The highest BCUT2D eigenvalue weighted by atomic mass is 32.2. The topological polar surface area (TPSA) is 75.7 Å². The first-order valence-corrected chi connectivity index (χ1v) is 11.0. The largest absolute Gasteiger partial charge is 0.491 e. The van der Waals surface area contributed by atoms with Gasteiger partial charge in [0.15, 0.2) is 0 Å². The second kappa shape index (κ2) is 9.45. The maximum atomic E-state index is 12.9. The van der Waals surface area contributed by atoms with Crippen molar-refractivity contribution in [2.75, 3.05) is 23.3 Å². The summed E-state index contributed by atoms with van der Waals surface area (Å²) in [5.41, 5.74) is 1.47. The van der Waals surface area contributed by atoms with E-state index in [1.54, 1.807) is 36.4 Å². The molecule has 7 heteroatoms. The molecule has 1 amide bonds. The summed E-state index contributed by atoms with van der Waals surface area (Å²) < 4.78 is 32.6. The molecule has 6 nitrogen and oxygen atoms in total. The molecule has 1 N–H and O–H groups in total. The highest BCUT2D eigenvalue weighted by Gasteiger charge is 2.21. The number of nitrogens with one attached hydrogen (secondary N) is 1. The van der Waals surface area contributed by atoms with Crippen LogP contribution in [-0.4, -0.2) is 28.0 Å². The van der Waals surface area contributed by atoms with Crippen LogP contribution in [0, 0.1) is 0 Å². The van der Waals surface area contributed by atoms with Crippen molar-refractivity contribution in [3.05, 3.63) is 84.4 Å². The number of para-hydroxylation sites is 3. The molecule has 0 aliphatic carbocycles. The van der Waals surface area contributed by atoms with Gasteiger partial charge in [0, 0.05) is 12.6 Å². The Morgan fingerprint density at radius 3 is 2.23 bits per heavy atom. The van der Waals surface area contributed by atoms with Gasteiger partial charge in [-0.25, -0.2) is 8.42 Å². The number of nitrogens with zero attached hydrogens (tertiary/aromatic N) is 1. The van der Waals surface area contributed by atoms with Gasteiger partial charge < -0.3 is 10.1 Å². The Balaban J connectivity index is 1.77. The number of sulfonamides is 1. The van der Waals surface area contributed by atoms with E-state index in [1.807, 2.05) is 25.1 Å². The average molecular weight is 425 g/mol. The summed E-state index contributed by atoms with van der Waals surface area (Å²) in [5.74, 6) is 0.249. The van der Waals surface area contributed by atoms with Gasteiger partial charge in [0.25, 0.3) is 15.9 Å². The molecule has 0 aliphatic rings. The first-order valence-electron chi connectivity index (χ1n) is 9.60. The molecule has 0 heterocycles. The molecule has 0 spiro atoms. The maximum Gasteiger partial charge on any atom is 0.264 e. The molecule has 3 rings (SSSR count). The van der Waals surface area contributed by atoms with Gasteiger partial charge in [0.1, 0.15) is 5.75 Å².